The molecule has 1 N–H and O–H groups in total. The van der Waals surface area contributed by atoms with Crippen molar-refractivity contribution in [1.82, 2.24) is 10.2 Å². The van der Waals surface area contributed by atoms with Crippen LogP contribution in [0.3, 0.4) is 0 Å². The van der Waals surface area contributed by atoms with Gasteiger partial charge in [-0.1, -0.05) is 73.5 Å². The summed E-state index contributed by atoms with van der Waals surface area (Å²) in [5, 5.41) is 4.04. The molecular weight excluding hydrogens is 304 g/mol. The van der Waals surface area contributed by atoms with Crippen molar-refractivity contribution in [1.29, 1.82) is 0 Å². The van der Waals surface area contributed by atoms with Crippen molar-refractivity contribution in [3.63, 3.8) is 0 Å². The van der Waals surface area contributed by atoms with Gasteiger partial charge in [0.15, 0.2) is 0 Å². The van der Waals surface area contributed by atoms with Crippen LogP contribution in [0.4, 0.5) is 0 Å². The van der Waals surface area contributed by atoms with Crippen molar-refractivity contribution >= 4 is 0 Å². The maximum Gasteiger partial charge on any atom is 0.0234 e. The lowest BCUT2D eigenvalue weighted by Gasteiger charge is -2.35. The third-order valence-electron chi connectivity index (χ3n) is 5.96. The number of nitrogens with zero attached hydrogens (tertiary/aromatic N) is 1. The minimum Gasteiger partial charge on any atom is -0.309 e. The van der Waals surface area contributed by atoms with Gasteiger partial charge in [-0.25, -0.2) is 0 Å². The van der Waals surface area contributed by atoms with Gasteiger partial charge in [0.25, 0.3) is 0 Å². The molecule has 1 saturated carbocycles. The van der Waals surface area contributed by atoms with E-state index in [1.54, 1.807) is 0 Å². The molecule has 2 heteroatoms. The summed E-state index contributed by atoms with van der Waals surface area (Å²) >= 11 is 0. The maximum atomic E-state index is 4.04. The van der Waals surface area contributed by atoms with Gasteiger partial charge in [0.1, 0.15) is 0 Å². The van der Waals surface area contributed by atoms with E-state index < -0.39 is 0 Å². The molecule has 132 valence electrons. The minimum atomic E-state index is 0.651. The summed E-state index contributed by atoms with van der Waals surface area (Å²) in [5.41, 5.74) is 2.96. The molecule has 3 unspecified atom stereocenters. The van der Waals surface area contributed by atoms with Crippen molar-refractivity contribution in [3.8, 4) is 0 Å². The van der Waals surface area contributed by atoms with Crippen LogP contribution in [0.5, 0.6) is 0 Å². The van der Waals surface area contributed by atoms with E-state index in [9.17, 15) is 0 Å². The predicted octanol–water partition coefficient (Wildman–Crippen LogP) is 4.58. The normalized spacial score (nSPS) is 27.4. The SMILES string of the molecule is c1ccc(CN2CCC(NC3CCCCC3c3ccccc3)C2)cc1. The van der Waals surface area contributed by atoms with Gasteiger partial charge in [0.05, 0.1) is 0 Å². The van der Waals surface area contributed by atoms with E-state index in [1.807, 2.05) is 0 Å². The Morgan fingerprint density at radius 3 is 2.36 bits per heavy atom. The monoisotopic (exact) mass is 334 g/mol. The van der Waals surface area contributed by atoms with Gasteiger partial charge in [-0.15, -0.1) is 0 Å². The standard InChI is InChI=1S/C23H30N2/c1-3-9-19(10-4-1)17-25-16-15-21(18-25)24-23-14-8-7-13-22(23)20-11-5-2-6-12-20/h1-6,9-12,21-24H,7-8,13-18H2. The minimum absolute atomic E-state index is 0.651. The molecule has 2 nitrogen and oxygen atoms in total. The summed E-state index contributed by atoms with van der Waals surface area (Å²) in [6, 6.07) is 23.3. The van der Waals surface area contributed by atoms with Crippen LogP contribution in [-0.2, 0) is 6.54 Å². The van der Waals surface area contributed by atoms with Gasteiger partial charge in [0.2, 0.25) is 0 Å². The van der Waals surface area contributed by atoms with E-state index in [0.717, 1.165) is 6.54 Å². The molecule has 1 aliphatic carbocycles. The van der Waals surface area contributed by atoms with E-state index in [0.29, 0.717) is 18.0 Å². The van der Waals surface area contributed by atoms with Crippen molar-refractivity contribution in [2.45, 2.75) is 56.7 Å². The average molecular weight is 335 g/mol. The van der Waals surface area contributed by atoms with Crippen LogP contribution in [0.15, 0.2) is 60.7 Å². The first-order valence-corrected chi connectivity index (χ1v) is 9.96. The molecule has 25 heavy (non-hydrogen) atoms. The maximum absolute atomic E-state index is 4.04. The van der Waals surface area contributed by atoms with E-state index in [4.69, 9.17) is 0 Å². The lowest BCUT2D eigenvalue weighted by atomic mass is 9.79. The molecular formula is C23H30N2. The Bertz CT molecular complexity index is 640. The third-order valence-corrected chi connectivity index (χ3v) is 5.96. The predicted molar refractivity (Wildman–Crippen MR) is 105 cm³/mol. The Morgan fingerprint density at radius 2 is 1.56 bits per heavy atom. The van der Waals surface area contributed by atoms with Crippen LogP contribution in [0.2, 0.25) is 0 Å². The molecule has 1 saturated heterocycles. The lowest BCUT2D eigenvalue weighted by molar-refractivity contribution is 0.280. The zero-order valence-corrected chi connectivity index (χ0v) is 15.1. The second kappa shape index (κ2) is 8.16. The van der Waals surface area contributed by atoms with Crippen molar-refractivity contribution in [3.05, 3.63) is 71.8 Å². The molecule has 0 bridgehead atoms. The highest BCUT2D eigenvalue weighted by Crippen LogP contribution is 2.33. The van der Waals surface area contributed by atoms with Gasteiger partial charge in [-0.05, 0) is 36.3 Å². The number of hydrogen-bond acceptors (Lipinski definition) is 2. The number of likely N-dealkylation sites (tertiary alicyclic amines) is 1. The zero-order chi connectivity index (χ0) is 16.9. The highest BCUT2D eigenvalue weighted by atomic mass is 15.2. The van der Waals surface area contributed by atoms with E-state index in [-0.39, 0.29) is 0 Å². The fourth-order valence-electron chi connectivity index (χ4n) is 4.69. The Kier molecular flexibility index (Phi) is 5.49. The second-order valence-corrected chi connectivity index (χ2v) is 7.78. The largest absolute Gasteiger partial charge is 0.309 e. The van der Waals surface area contributed by atoms with Crippen LogP contribution in [0.25, 0.3) is 0 Å². The molecule has 1 heterocycles. The van der Waals surface area contributed by atoms with Crippen LogP contribution < -0.4 is 5.32 Å². The Hall–Kier alpha value is -1.64. The van der Waals surface area contributed by atoms with Crippen LogP contribution in [0, 0.1) is 0 Å². The van der Waals surface area contributed by atoms with Crippen LogP contribution in [0.1, 0.15) is 49.1 Å². The molecule has 2 aromatic rings. The van der Waals surface area contributed by atoms with Crippen LogP contribution in [-0.4, -0.2) is 30.1 Å². The van der Waals surface area contributed by atoms with Crippen LogP contribution >= 0.6 is 0 Å². The first-order valence-electron chi connectivity index (χ1n) is 9.96. The zero-order valence-electron chi connectivity index (χ0n) is 15.1. The first kappa shape index (κ1) is 16.8. The van der Waals surface area contributed by atoms with E-state index in [2.05, 4.69) is 70.9 Å². The smallest absolute Gasteiger partial charge is 0.0234 e. The van der Waals surface area contributed by atoms with Gasteiger partial charge < -0.3 is 5.32 Å². The molecule has 0 radical (unpaired) electrons. The topological polar surface area (TPSA) is 15.3 Å². The number of benzene rings is 2. The first-order chi connectivity index (χ1) is 12.4. The molecule has 1 aliphatic heterocycles. The molecule has 0 aromatic heterocycles. The van der Waals surface area contributed by atoms with Gasteiger partial charge in [0, 0.05) is 31.7 Å². The lowest BCUT2D eigenvalue weighted by Crippen LogP contribution is -2.44. The average Bonchev–Trinajstić information content (AvgIpc) is 3.10. The molecule has 2 fully saturated rings. The molecule has 2 aromatic carbocycles. The third kappa shape index (κ3) is 4.31. The van der Waals surface area contributed by atoms with Crippen molar-refractivity contribution < 1.29 is 0 Å². The second-order valence-electron chi connectivity index (χ2n) is 7.78. The summed E-state index contributed by atoms with van der Waals surface area (Å²) in [4.78, 5) is 2.60. The summed E-state index contributed by atoms with van der Waals surface area (Å²) in [5.74, 6) is 0.693. The van der Waals surface area contributed by atoms with Crippen molar-refractivity contribution in [2.24, 2.45) is 0 Å². The fraction of sp³-hybridized carbons (Fsp3) is 0.478. The summed E-state index contributed by atoms with van der Waals surface area (Å²) in [6.45, 7) is 3.49. The van der Waals surface area contributed by atoms with Gasteiger partial charge in [-0.3, -0.25) is 4.90 Å². The fourth-order valence-corrected chi connectivity index (χ4v) is 4.69. The molecule has 0 spiro atoms. The highest BCUT2D eigenvalue weighted by Gasteiger charge is 2.30. The molecule has 0 amide bonds. The quantitative estimate of drug-likeness (QED) is 0.861. The van der Waals surface area contributed by atoms with Crippen molar-refractivity contribution in [2.75, 3.05) is 13.1 Å². The number of nitrogens with one attached hydrogen (secondary N) is 1. The van der Waals surface area contributed by atoms with Gasteiger partial charge in [-0.2, -0.15) is 0 Å². The molecule has 4 rings (SSSR count). The number of hydrogen-bond donors (Lipinski definition) is 1. The molecule has 2 aliphatic rings. The summed E-state index contributed by atoms with van der Waals surface area (Å²) in [6.07, 6.45) is 6.70. The highest BCUT2D eigenvalue weighted by molar-refractivity contribution is 5.22. The van der Waals surface area contributed by atoms with E-state index in [1.165, 1.54) is 56.3 Å². The Morgan fingerprint density at radius 1 is 0.840 bits per heavy atom. The van der Waals surface area contributed by atoms with E-state index >= 15 is 0 Å². The number of rotatable bonds is 5. The Labute approximate surface area is 152 Å². The summed E-state index contributed by atoms with van der Waals surface area (Å²) < 4.78 is 0. The summed E-state index contributed by atoms with van der Waals surface area (Å²) in [7, 11) is 0. The van der Waals surface area contributed by atoms with Gasteiger partial charge >= 0.3 is 0 Å². The molecule has 3 atom stereocenters. The Balaban J connectivity index is 1.35.